The number of aromatic amines is 1. The summed E-state index contributed by atoms with van der Waals surface area (Å²) in [4.78, 5) is 1.15. The molecule has 4 heteroatoms. The largest absolute Gasteiger partial charge is 0.382 e. The first-order valence-electron chi connectivity index (χ1n) is 6.71. The number of H-pyrrole nitrogens is 1. The van der Waals surface area contributed by atoms with Crippen LogP contribution in [-0.2, 0) is 0 Å². The topological polar surface area (TPSA) is 54.7 Å². The van der Waals surface area contributed by atoms with Gasteiger partial charge in [0.15, 0.2) is 5.82 Å². The lowest BCUT2D eigenvalue weighted by molar-refractivity contribution is 1.11. The number of thiophene rings is 1. The predicted molar refractivity (Wildman–Crippen MR) is 89.3 cm³/mol. The molecule has 102 valence electrons. The van der Waals surface area contributed by atoms with Crippen LogP contribution in [0, 0.1) is 0 Å². The summed E-state index contributed by atoms with van der Waals surface area (Å²) in [5.74, 6) is 0.536. The van der Waals surface area contributed by atoms with Crippen molar-refractivity contribution in [3.63, 3.8) is 0 Å². The Balaban J connectivity index is 1.93. The monoisotopic (exact) mass is 291 g/mol. The Bertz CT molecular complexity index is 873. The molecule has 0 saturated heterocycles. The minimum Gasteiger partial charge on any atom is -0.382 e. The zero-order valence-electron chi connectivity index (χ0n) is 11.2. The summed E-state index contributed by atoms with van der Waals surface area (Å²) >= 11 is 1.75. The van der Waals surface area contributed by atoms with Crippen molar-refractivity contribution in [2.75, 3.05) is 5.73 Å². The first-order chi connectivity index (χ1) is 10.3. The van der Waals surface area contributed by atoms with Crippen LogP contribution in [0.4, 0.5) is 5.82 Å². The molecule has 0 atom stereocenters. The van der Waals surface area contributed by atoms with Gasteiger partial charge in [-0.3, -0.25) is 5.10 Å². The van der Waals surface area contributed by atoms with Gasteiger partial charge >= 0.3 is 0 Å². The van der Waals surface area contributed by atoms with Crippen LogP contribution in [0.5, 0.6) is 0 Å². The van der Waals surface area contributed by atoms with Crippen LogP contribution >= 0.6 is 11.3 Å². The van der Waals surface area contributed by atoms with E-state index < -0.39 is 0 Å². The molecule has 0 amide bonds. The van der Waals surface area contributed by atoms with Gasteiger partial charge in [0, 0.05) is 4.70 Å². The molecule has 0 aliphatic rings. The number of benzene rings is 2. The lowest BCUT2D eigenvalue weighted by Gasteiger charge is -2.02. The maximum Gasteiger partial charge on any atom is 0.153 e. The van der Waals surface area contributed by atoms with E-state index >= 15 is 0 Å². The zero-order chi connectivity index (χ0) is 14.2. The maximum atomic E-state index is 6.07. The van der Waals surface area contributed by atoms with Gasteiger partial charge < -0.3 is 5.73 Å². The van der Waals surface area contributed by atoms with Gasteiger partial charge in [0.2, 0.25) is 0 Å². The van der Waals surface area contributed by atoms with E-state index in [1.54, 1.807) is 11.3 Å². The number of hydrogen-bond donors (Lipinski definition) is 2. The van der Waals surface area contributed by atoms with E-state index in [2.05, 4.69) is 52.7 Å². The fraction of sp³-hybridized carbons (Fsp3) is 0. The van der Waals surface area contributed by atoms with Gasteiger partial charge in [-0.1, -0.05) is 48.5 Å². The summed E-state index contributed by atoms with van der Waals surface area (Å²) in [5, 5.41) is 8.52. The van der Waals surface area contributed by atoms with Crippen molar-refractivity contribution in [3.8, 4) is 21.7 Å². The van der Waals surface area contributed by atoms with Crippen molar-refractivity contribution in [1.29, 1.82) is 0 Å². The van der Waals surface area contributed by atoms with Crippen molar-refractivity contribution < 1.29 is 0 Å². The highest BCUT2D eigenvalue weighted by atomic mass is 32.1. The second-order valence-electron chi connectivity index (χ2n) is 4.87. The van der Waals surface area contributed by atoms with Gasteiger partial charge in [-0.2, -0.15) is 5.10 Å². The molecule has 2 heterocycles. The highest BCUT2D eigenvalue weighted by Gasteiger charge is 2.16. The van der Waals surface area contributed by atoms with Crippen molar-refractivity contribution >= 4 is 27.2 Å². The van der Waals surface area contributed by atoms with E-state index in [0.29, 0.717) is 5.82 Å². The zero-order valence-corrected chi connectivity index (χ0v) is 12.0. The van der Waals surface area contributed by atoms with E-state index in [1.165, 1.54) is 10.1 Å². The third kappa shape index (κ3) is 2.00. The Morgan fingerprint density at radius 2 is 1.71 bits per heavy atom. The molecule has 3 nitrogen and oxygen atoms in total. The van der Waals surface area contributed by atoms with Crippen LogP contribution in [0.3, 0.4) is 0 Å². The molecule has 4 rings (SSSR count). The standard InChI is InChI=1S/C17H13N3S/c18-17-15(11-6-2-1-3-7-11)16(19-20-17)14-10-12-8-4-5-9-13(12)21-14/h1-10H,(H3,18,19,20). The molecule has 2 aromatic heterocycles. The van der Waals surface area contributed by atoms with E-state index in [0.717, 1.165) is 21.7 Å². The fourth-order valence-electron chi connectivity index (χ4n) is 2.54. The maximum absolute atomic E-state index is 6.07. The molecular weight excluding hydrogens is 278 g/mol. The molecule has 21 heavy (non-hydrogen) atoms. The first kappa shape index (κ1) is 12.2. The Labute approximate surface area is 126 Å². The molecular formula is C17H13N3S. The second kappa shape index (κ2) is 4.75. The summed E-state index contributed by atoms with van der Waals surface area (Å²) < 4.78 is 1.26. The lowest BCUT2D eigenvalue weighted by Crippen LogP contribution is -1.87. The average molecular weight is 291 g/mol. The van der Waals surface area contributed by atoms with Crippen LogP contribution in [0.2, 0.25) is 0 Å². The smallest absolute Gasteiger partial charge is 0.153 e. The van der Waals surface area contributed by atoms with Crippen LogP contribution in [0.15, 0.2) is 60.7 Å². The highest BCUT2D eigenvalue weighted by molar-refractivity contribution is 7.22. The van der Waals surface area contributed by atoms with Crippen LogP contribution in [0.25, 0.3) is 31.8 Å². The quantitative estimate of drug-likeness (QED) is 0.569. The van der Waals surface area contributed by atoms with E-state index in [-0.39, 0.29) is 0 Å². The number of fused-ring (bicyclic) bond motifs is 1. The number of hydrogen-bond acceptors (Lipinski definition) is 3. The number of nitrogens with two attached hydrogens (primary N) is 1. The van der Waals surface area contributed by atoms with E-state index in [1.807, 2.05) is 18.2 Å². The number of nitrogens with zero attached hydrogens (tertiary/aromatic N) is 1. The van der Waals surface area contributed by atoms with Crippen LogP contribution in [0.1, 0.15) is 0 Å². The number of rotatable bonds is 2. The third-order valence-corrected chi connectivity index (χ3v) is 4.66. The summed E-state index contributed by atoms with van der Waals surface area (Å²) in [5.41, 5.74) is 9.11. The molecule has 0 unspecified atom stereocenters. The number of aromatic nitrogens is 2. The Kier molecular flexibility index (Phi) is 2.75. The normalized spacial score (nSPS) is 11.0. The summed E-state index contributed by atoms with van der Waals surface area (Å²) in [7, 11) is 0. The van der Waals surface area contributed by atoms with Crippen molar-refractivity contribution in [2.45, 2.75) is 0 Å². The van der Waals surface area contributed by atoms with Crippen molar-refractivity contribution in [2.24, 2.45) is 0 Å². The lowest BCUT2D eigenvalue weighted by atomic mass is 10.0. The van der Waals surface area contributed by atoms with Crippen LogP contribution < -0.4 is 5.73 Å². The first-order valence-corrected chi connectivity index (χ1v) is 7.53. The second-order valence-corrected chi connectivity index (χ2v) is 5.96. The molecule has 0 spiro atoms. The molecule has 3 N–H and O–H groups in total. The average Bonchev–Trinajstić information content (AvgIpc) is 3.11. The van der Waals surface area contributed by atoms with Gasteiger partial charge in [0.1, 0.15) is 0 Å². The number of nitrogen functional groups attached to an aromatic ring is 1. The molecule has 0 fully saturated rings. The van der Waals surface area contributed by atoms with Crippen LogP contribution in [-0.4, -0.2) is 10.2 Å². The Morgan fingerprint density at radius 1 is 0.952 bits per heavy atom. The third-order valence-electron chi connectivity index (χ3n) is 3.53. The minimum atomic E-state index is 0.536. The van der Waals surface area contributed by atoms with Gasteiger partial charge in [0.25, 0.3) is 0 Å². The van der Waals surface area contributed by atoms with Gasteiger partial charge in [-0.15, -0.1) is 11.3 Å². The molecule has 0 radical (unpaired) electrons. The summed E-state index contributed by atoms with van der Waals surface area (Å²) in [6.45, 7) is 0. The predicted octanol–water partition coefficient (Wildman–Crippen LogP) is 4.54. The molecule has 0 aliphatic heterocycles. The molecule has 0 saturated carbocycles. The van der Waals surface area contributed by atoms with Crippen molar-refractivity contribution in [3.05, 3.63) is 60.7 Å². The van der Waals surface area contributed by atoms with Gasteiger partial charge in [-0.05, 0) is 23.1 Å². The van der Waals surface area contributed by atoms with E-state index in [9.17, 15) is 0 Å². The Morgan fingerprint density at radius 3 is 2.52 bits per heavy atom. The summed E-state index contributed by atoms with van der Waals surface area (Å²) in [6.07, 6.45) is 0. The molecule has 0 bridgehead atoms. The molecule has 2 aromatic carbocycles. The van der Waals surface area contributed by atoms with Gasteiger partial charge in [0.05, 0.1) is 16.1 Å². The van der Waals surface area contributed by atoms with Crippen molar-refractivity contribution in [1.82, 2.24) is 10.2 Å². The summed E-state index contributed by atoms with van der Waals surface area (Å²) in [6, 6.07) is 20.7. The fourth-order valence-corrected chi connectivity index (χ4v) is 3.60. The van der Waals surface area contributed by atoms with Gasteiger partial charge in [-0.25, -0.2) is 0 Å². The number of anilines is 1. The molecule has 4 aromatic rings. The SMILES string of the molecule is Nc1n[nH]c(-c2cc3ccccc3s2)c1-c1ccccc1. The number of nitrogens with one attached hydrogen (secondary N) is 1. The highest BCUT2D eigenvalue weighted by Crippen LogP contribution is 2.39. The molecule has 0 aliphatic carbocycles. The minimum absolute atomic E-state index is 0.536. The Hall–Kier alpha value is -2.59. The van der Waals surface area contributed by atoms with E-state index in [4.69, 9.17) is 5.73 Å².